The van der Waals surface area contributed by atoms with E-state index >= 15 is 0 Å². The number of aromatic nitrogens is 3. The van der Waals surface area contributed by atoms with Crippen molar-refractivity contribution in [2.75, 3.05) is 5.32 Å². The molecule has 1 amide bonds. The molecule has 0 aliphatic rings. The number of carbonyl (C=O) groups excluding carboxylic acids is 1. The van der Waals surface area contributed by atoms with Crippen molar-refractivity contribution in [1.82, 2.24) is 15.0 Å². The number of carbonyl (C=O) groups is 1. The predicted molar refractivity (Wildman–Crippen MR) is 64.4 cm³/mol. The Morgan fingerprint density at radius 3 is 3.11 bits per heavy atom. The number of hydrogen-bond acceptors (Lipinski definition) is 5. The van der Waals surface area contributed by atoms with Gasteiger partial charge in [0, 0.05) is 12.3 Å². The first kappa shape index (κ1) is 10.3. The molecule has 4 N–H and O–H groups in total. The maximum Gasteiger partial charge on any atom is 0.286 e. The van der Waals surface area contributed by atoms with E-state index in [1.165, 1.54) is 12.6 Å². The Morgan fingerprint density at radius 1 is 1.39 bits per heavy atom. The van der Waals surface area contributed by atoms with Gasteiger partial charge >= 0.3 is 0 Å². The fourth-order valence-corrected chi connectivity index (χ4v) is 1.70. The van der Waals surface area contributed by atoms with Gasteiger partial charge in [-0.25, -0.2) is 9.97 Å². The summed E-state index contributed by atoms with van der Waals surface area (Å²) in [6.45, 7) is 0. The van der Waals surface area contributed by atoms with Crippen molar-refractivity contribution in [1.29, 1.82) is 0 Å². The minimum absolute atomic E-state index is 0.0669. The highest BCUT2D eigenvalue weighted by molar-refractivity contribution is 5.97. The number of aromatic amines is 1. The molecule has 0 bridgehead atoms. The second-order valence-electron chi connectivity index (χ2n) is 3.61. The van der Waals surface area contributed by atoms with Crippen LogP contribution >= 0.6 is 0 Å². The molecule has 0 saturated heterocycles. The Bertz CT molecular complexity index is 715. The van der Waals surface area contributed by atoms with Gasteiger partial charge in [0.2, 0.25) is 5.76 Å². The molecule has 18 heavy (non-hydrogen) atoms. The highest BCUT2D eigenvalue weighted by Gasteiger charge is 2.13. The fraction of sp³-hybridized carbons (Fsp3) is 0. The molecule has 0 saturated carbocycles. The lowest BCUT2D eigenvalue weighted by atomic mass is 10.3. The SMILES string of the molecule is NC(=O)c1occc1Nc1ncnc2[nH]ccc12. The standard InChI is InChI=1S/C11H9N5O2/c12-9(17)8-7(2-4-18-8)16-11-6-1-3-13-10(6)14-5-15-11/h1-5H,(H2,12,17)(H2,13,14,15,16). The van der Waals surface area contributed by atoms with Crippen molar-refractivity contribution in [2.24, 2.45) is 5.73 Å². The van der Waals surface area contributed by atoms with Crippen LogP contribution in [-0.4, -0.2) is 20.9 Å². The number of fused-ring (bicyclic) bond motifs is 1. The lowest BCUT2D eigenvalue weighted by Gasteiger charge is -2.04. The summed E-state index contributed by atoms with van der Waals surface area (Å²) >= 11 is 0. The molecule has 0 aromatic carbocycles. The van der Waals surface area contributed by atoms with Crippen molar-refractivity contribution >= 4 is 28.4 Å². The normalized spacial score (nSPS) is 10.7. The van der Waals surface area contributed by atoms with Crippen LogP contribution in [0.2, 0.25) is 0 Å². The minimum Gasteiger partial charge on any atom is -0.457 e. The van der Waals surface area contributed by atoms with Crippen LogP contribution < -0.4 is 11.1 Å². The molecule has 3 aromatic rings. The molecular weight excluding hydrogens is 234 g/mol. The third kappa shape index (κ3) is 1.58. The molecule has 3 rings (SSSR count). The molecule has 7 heteroatoms. The minimum atomic E-state index is -0.637. The van der Waals surface area contributed by atoms with Gasteiger partial charge in [-0.2, -0.15) is 0 Å². The Kier molecular flexibility index (Phi) is 2.23. The monoisotopic (exact) mass is 243 g/mol. The van der Waals surface area contributed by atoms with E-state index in [1.54, 1.807) is 12.3 Å². The van der Waals surface area contributed by atoms with E-state index < -0.39 is 5.91 Å². The highest BCUT2D eigenvalue weighted by atomic mass is 16.3. The first-order valence-corrected chi connectivity index (χ1v) is 5.18. The Morgan fingerprint density at radius 2 is 2.28 bits per heavy atom. The maximum absolute atomic E-state index is 11.1. The molecule has 3 aromatic heterocycles. The smallest absolute Gasteiger partial charge is 0.286 e. The zero-order valence-corrected chi connectivity index (χ0v) is 9.18. The van der Waals surface area contributed by atoms with Crippen molar-refractivity contribution in [3.63, 3.8) is 0 Å². The van der Waals surface area contributed by atoms with Gasteiger partial charge in [-0.05, 0) is 6.07 Å². The van der Waals surface area contributed by atoms with Gasteiger partial charge in [-0.15, -0.1) is 0 Å². The van der Waals surface area contributed by atoms with E-state index in [1.807, 2.05) is 6.07 Å². The number of nitrogens with one attached hydrogen (secondary N) is 2. The van der Waals surface area contributed by atoms with Gasteiger partial charge in [0.25, 0.3) is 5.91 Å². The van der Waals surface area contributed by atoms with Crippen LogP contribution in [0.3, 0.4) is 0 Å². The molecule has 90 valence electrons. The second-order valence-corrected chi connectivity index (χ2v) is 3.61. The number of furan rings is 1. The quantitative estimate of drug-likeness (QED) is 0.643. The molecule has 3 heterocycles. The van der Waals surface area contributed by atoms with Gasteiger partial charge in [-0.3, -0.25) is 4.79 Å². The zero-order valence-electron chi connectivity index (χ0n) is 9.18. The Balaban J connectivity index is 2.04. The molecule has 0 atom stereocenters. The first-order chi connectivity index (χ1) is 8.75. The van der Waals surface area contributed by atoms with Crippen molar-refractivity contribution in [2.45, 2.75) is 0 Å². The maximum atomic E-state index is 11.1. The number of hydrogen-bond donors (Lipinski definition) is 3. The molecule has 0 radical (unpaired) electrons. The topological polar surface area (TPSA) is 110 Å². The molecule has 0 aliphatic heterocycles. The van der Waals surface area contributed by atoms with Crippen LogP contribution in [0.4, 0.5) is 11.5 Å². The number of H-pyrrole nitrogens is 1. The van der Waals surface area contributed by atoms with Crippen LogP contribution in [0, 0.1) is 0 Å². The average molecular weight is 243 g/mol. The zero-order chi connectivity index (χ0) is 12.5. The molecule has 7 nitrogen and oxygen atoms in total. The Labute approximate surface area is 101 Å². The van der Waals surface area contributed by atoms with Gasteiger partial charge in [-0.1, -0.05) is 0 Å². The number of nitrogens with zero attached hydrogens (tertiary/aromatic N) is 2. The molecule has 0 unspecified atom stereocenters. The van der Waals surface area contributed by atoms with Gasteiger partial charge in [0.15, 0.2) is 0 Å². The summed E-state index contributed by atoms with van der Waals surface area (Å²) in [5, 5.41) is 3.81. The summed E-state index contributed by atoms with van der Waals surface area (Å²) in [6, 6.07) is 3.45. The van der Waals surface area contributed by atoms with E-state index in [2.05, 4.69) is 20.3 Å². The molecule has 0 fully saturated rings. The van der Waals surface area contributed by atoms with Gasteiger partial charge in [0.1, 0.15) is 17.8 Å². The third-order valence-corrected chi connectivity index (χ3v) is 2.50. The van der Waals surface area contributed by atoms with Crippen molar-refractivity contribution in [3.8, 4) is 0 Å². The molecular formula is C11H9N5O2. The number of nitrogens with two attached hydrogens (primary N) is 1. The van der Waals surface area contributed by atoms with E-state index in [-0.39, 0.29) is 5.76 Å². The van der Waals surface area contributed by atoms with Crippen LogP contribution in [-0.2, 0) is 0 Å². The third-order valence-electron chi connectivity index (χ3n) is 2.50. The lowest BCUT2D eigenvalue weighted by Crippen LogP contribution is -2.11. The van der Waals surface area contributed by atoms with Crippen LogP contribution in [0.25, 0.3) is 11.0 Å². The van der Waals surface area contributed by atoms with E-state index in [0.29, 0.717) is 17.2 Å². The van der Waals surface area contributed by atoms with Gasteiger partial charge in [0.05, 0.1) is 17.3 Å². The average Bonchev–Trinajstić information content (AvgIpc) is 2.96. The number of amides is 1. The van der Waals surface area contributed by atoms with Crippen LogP contribution in [0.5, 0.6) is 0 Å². The largest absolute Gasteiger partial charge is 0.457 e. The summed E-state index contributed by atoms with van der Waals surface area (Å²) in [5.74, 6) is 0.00400. The molecule has 0 spiro atoms. The second kappa shape index (κ2) is 3.88. The predicted octanol–water partition coefficient (Wildman–Crippen LogP) is 1.39. The van der Waals surface area contributed by atoms with Crippen molar-refractivity contribution in [3.05, 3.63) is 36.7 Å². The van der Waals surface area contributed by atoms with Crippen LogP contribution in [0.1, 0.15) is 10.6 Å². The summed E-state index contributed by atoms with van der Waals surface area (Å²) in [6.07, 6.45) is 4.57. The van der Waals surface area contributed by atoms with E-state index in [4.69, 9.17) is 10.2 Å². The number of rotatable bonds is 3. The first-order valence-electron chi connectivity index (χ1n) is 5.18. The van der Waals surface area contributed by atoms with Crippen molar-refractivity contribution < 1.29 is 9.21 Å². The summed E-state index contributed by atoms with van der Waals surface area (Å²) in [7, 11) is 0. The van der Waals surface area contributed by atoms with Gasteiger partial charge < -0.3 is 20.5 Å². The fourth-order valence-electron chi connectivity index (χ4n) is 1.70. The summed E-state index contributed by atoms with van der Waals surface area (Å²) in [4.78, 5) is 22.3. The summed E-state index contributed by atoms with van der Waals surface area (Å²) < 4.78 is 5.00. The number of primary amides is 1. The molecule has 0 aliphatic carbocycles. The number of anilines is 2. The van der Waals surface area contributed by atoms with E-state index in [0.717, 1.165) is 5.39 Å². The van der Waals surface area contributed by atoms with Crippen LogP contribution in [0.15, 0.2) is 35.3 Å². The highest BCUT2D eigenvalue weighted by Crippen LogP contribution is 2.24. The Hall–Kier alpha value is -2.83. The summed E-state index contributed by atoms with van der Waals surface area (Å²) in [5.41, 5.74) is 6.37. The van der Waals surface area contributed by atoms with E-state index in [9.17, 15) is 4.79 Å². The lowest BCUT2D eigenvalue weighted by molar-refractivity contribution is 0.0975.